The molecule has 1 aliphatic rings. The lowest BCUT2D eigenvalue weighted by molar-refractivity contribution is -0.135. The van der Waals surface area contributed by atoms with E-state index in [4.69, 9.17) is 4.74 Å². The summed E-state index contributed by atoms with van der Waals surface area (Å²) >= 11 is 0. The van der Waals surface area contributed by atoms with E-state index < -0.39 is 18.2 Å². The molecule has 1 rings (SSSR count). The van der Waals surface area contributed by atoms with E-state index in [1.54, 1.807) is 26.0 Å². The average Bonchev–Trinajstić information content (AvgIpc) is 2.59. The Morgan fingerprint density at radius 2 is 2.20 bits per heavy atom. The van der Waals surface area contributed by atoms with Gasteiger partial charge in [0.15, 0.2) is 0 Å². The van der Waals surface area contributed by atoms with Crippen molar-refractivity contribution in [3.63, 3.8) is 0 Å². The van der Waals surface area contributed by atoms with Crippen LogP contribution in [-0.2, 0) is 9.53 Å². The summed E-state index contributed by atoms with van der Waals surface area (Å²) in [6, 6.07) is 0. The van der Waals surface area contributed by atoms with E-state index in [9.17, 15) is 15.0 Å². The minimum absolute atomic E-state index is 0.0662. The van der Waals surface area contributed by atoms with Crippen molar-refractivity contribution in [3.05, 3.63) is 23.3 Å². The molecule has 0 aromatic carbocycles. The molecule has 0 aromatic heterocycles. The van der Waals surface area contributed by atoms with Gasteiger partial charge in [-0.1, -0.05) is 19.1 Å². The van der Waals surface area contributed by atoms with Crippen LogP contribution in [0.5, 0.6) is 0 Å². The molecule has 1 aliphatic heterocycles. The van der Waals surface area contributed by atoms with Gasteiger partial charge in [0.2, 0.25) is 0 Å². The zero-order valence-corrected chi connectivity index (χ0v) is 8.93. The molecule has 0 bridgehead atoms. The van der Waals surface area contributed by atoms with E-state index in [0.29, 0.717) is 17.6 Å². The predicted octanol–water partition coefficient (Wildman–Crippen LogP) is 0.548. The normalized spacial score (nSPS) is 20.9. The van der Waals surface area contributed by atoms with Crippen LogP contribution in [0.1, 0.15) is 20.3 Å². The van der Waals surface area contributed by atoms with Crippen LogP contribution in [0.15, 0.2) is 23.3 Å². The molecule has 1 heterocycles. The third-order valence-corrected chi connectivity index (χ3v) is 2.40. The first-order valence-corrected chi connectivity index (χ1v) is 5.00. The number of allylic oxidation sites excluding steroid dienone is 1. The van der Waals surface area contributed by atoms with Crippen molar-refractivity contribution in [2.45, 2.75) is 32.5 Å². The van der Waals surface area contributed by atoms with Gasteiger partial charge in [-0.3, -0.25) is 0 Å². The minimum atomic E-state index is -1.02. The first kappa shape index (κ1) is 11.9. The van der Waals surface area contributed by atoms with Crippen LogP contribution in [0.2, 0.25) is 0 Å². The largest absolute Gasteiger partial charge is 0.457 e. The summed E-state index contributed by atoms with van der Waals surface area (Å²) in [6.07, 6.45) is 1.85. The SMILES string of the molecule is CC=CC1=C(C(O)C(O)CC)COC1=O. The van der Waals surface area contributed by atoms with E-state index in [0.717, 1.165) is 0 Å². The van der Waals surface area contributed by atoms with Gasteiger partial charge in [0.25, 0.3) is 0 Å². The Labute approximate surface area is 88.9 Å². The second kappa shape index (κ2) is 5.09. The molecule has 4 heteroatoms. The van der Waals surface area contributed by atoms with Crippen LogP contribution in [0, 0.1) is 0 Å². The topological polar surface area (TPSA) is 66.8 Å². The van der Waals surface area contributed by atoms with E-state index in [2.05, 4.69) is 0 Å². The molecule has 0 amide bonds. The molecule has 2 N–H and O–H groups in total. The number of aliphatic hydroxyl groups is 2. The molecule has 2 atom stereocenters. The highest BCUT2D eigenvalue weighted by atomic mass is 16.5. The van der Waals surface area contributed by atoms with E-state index >= 15 is 0 Å². The molecule has 0 aliphatic carbocycles. The molecular weight excluding hydrogens is 196 g/mol. The van der Waals surface area contributed by atoms with Gasteiger partial charge in [-0.15, -0.1) is 0 Å². The van der Waals surface area contributed by atoms with E-state index in [1.807, 2.05) is 0 Å². The molecule has 0 radical (unpaired) electrons. The Hall–Kier alpha value is -1.13. The minimum Gasteiger partial charge on any atom is -0.457 e. The Bertz CT molecular complexity index is 304. The number of carbonyl (C=O) groups is 1. The first-order valence-electron chi connectivity index (χ1n) is 5.00. The van der Waals surface area contributed by atoms with Gasteiger partial charge >= 0.3 is 5.97 Å². The van der Waals surface area contributed by atoms with Crippen LogP contribution in [0.4, 0.5) is 0 Å². The predicted molar refractivity (Wildman–Crippen MR) is 55.1 cm³/mol. The lowest BCUT2D eigenvalue weighted by atomic mass is 9.99. The van der Waals surface area contributed by atoms with Crippen LogP contribution in [0.25, 0.3) is 0 Å². The van der Waals surface area contributed by atoms with Crippen LogP contribution >= 0.6 is 0 Å². The second-order valence-corrected chi connectivity index (χ2v) is 3.44. The van der Waals surface area contributed by atoms with Crippen LogP contribution in [-0.4, -0.2) is 35.0 Å². The van der Waals surface area contributed by atoms with E-state index in [-0.39, 0.29) is 6.61 Å². The summed E-state index contributed by atoms with van der Waals surface area (Å²) in [6.45, 7) is 3.61. The van der Waals surface area contributed by atoms with Gasteiger partial charge in [-0.2, -0.15) is 0 Å². The molecule has 84 valence electrons. The van der Waals surface area contributed by atoms with Crippen molar-refractivity contribution in [2.24, 2.45) is 0 Å². The van der Waals surface area contributed by atoms with E-state index in [1.165, 1.54) is 0 Å². The molecule has 4 nitrogen and oxygen atoms in total. The standard InChI is InChI=1S/C11H16O4/c1-3-5-7-8(6-15-11(7)14)10(13)9(12)4-2/h3,5,9-10,12-13H,4,6H2,1-2H3. The van der Waals surface area contributed by atoms with Crippen molar-refractivity contribution >= 4 is 5.97 Å². The number of hydrogen-bond acceptors (Lipinski definition) is 4. The van der Waals surface area contributed by atoms with Gasteiger partial charge in [-0.05, 0) is 13.3 Å². The summed E-state index contributed by atoms with van der Waals surface area (Å²) in [5.41, 5.74) is 0.824. The van der Waals surface area contributed by atoms with Crippen molar-refractivity contribution in [3.8, 4) is 0 Å². The van der Waals surface area contributed by atoms with Gasteiger partial charge in [0.1, 0.15) is 12.7 Å². The van der Waals surface area contributed by atoms with Gasteiger partial charge in [0, 0.05) is 5.57 Å². The zero-order valence-electron chi connectivity index (χ0n) is 8.93. The fourth-order valence-electron chi connectivity index (χ4n) is 1.47. The first-order chi connectivity index (χ1) is 7.11. The molecule has 15 heavy (non-hydrogen) atoms. The quantitative estimate of drug-likeness (QED) is 0.668. The smallest absolute Gasteiger partial charge is 0.338 e. The average molecular weight is 212 g/mol. The van der Waals surface area contributed by atoms with Crippen LogP contribution in [0.3, 0.4) is 0 Å². The van der Waals surface area contributed by atoms with Crippen LogP contribution < -0.4 is 0 Å². The molecule has 0 fully saturated rings. The Balaban J connectivity index is 2.95. The number of ether oxygens (including phenoxy) is 1. The third-order valence-electron chi connectivity index (χ3n) is 2.40. The monoisotopic (exact) mass is 212 g/mol. The highest BCUT2D eigenvalue weighted by Gasteiger charge is 2.30. The Morgan fingerprint density at radius 3 is 2.73 bits per heavy atom. The highest BCUT2D eigenvalue weighted by Crippen LogP contribution is 2.22. The van der Waals surface area contributed by atoms with Crippen molar-refractivity contribution < 1.29 is 19.7 Å². The highest BCUT2D eigenvalue weighted by molar-refractivity contribution is 5.95. The fourth-order valence-corrected chi connectivity index (χ4v) is 1.47. The maximum absolute atomic E-state index is 11.3. The third kappa shape index (κ3) is 2.46. The molecule has 0 spiro atoms. The lowest BCUT2D eigenvalue weighted by Crippen LogP contribution is -2.28. The van der Waals surface area contributed by atoms with Gasteiger partial charge in [0.05, 0.1) is 11.7 Å². The zero-order chi connectivity index (χ0) is 11.4. The molecule has 0 saturated heterocycles. The number of carbonyl (C=O) groups excluding carboxylic acids is 1. The molecular formula is C11H16O4. The number of rotatable bonds is 4. The van der Waals surface area contributed by atoms with Gasteiger partial charge in [-0.25, -0.2) is 4.79 Å². The van der Waals surface area contributed by atoms with Crippen molar-refractivity contribution in [1.29, 1.82) is 0 Å². The maximum Gasteiger partial charge on any atom is 0.338 e. The molecule has 0 aromatic rings. The number of esters is 1. The maximum atomic E-state index is 11.3. The second-order valence-electron chi connectivity index (χ2n) is 3.44. The van der Waals surface area contributed by atoms with Crippen molar-refractivity contribution in [2.75, 3.05) is 6.61 Å². The van der Waals surface area contributed by atoms with Crippen molar-refractivity contribution in [1.82, 2.24) is 0 Å². The number of cyclic esters (lactones) is 1. The molecule has 0 saturated carbocycles. The summed E-state index contributed by atoms with van der Waals surface area (Å²) in [5.74, 6) is -0.439. The fraction of sp³-hybridized carbons (Fsp3) is 0.545. The summed E-state index contributed by atoms with van der Waals surface area (Å²) in [7, 11) is 0. The summed E-state index contributed by atoms with van der Waals surface area (Å²) in [4.78, 5) is 11.3. The Kier molecular flexibility index (Phi) is 4.05. The lowest BCUT2D eigenvalue weighted by Gasteiger charge is -2.16. The summed E-state index contributed by atoms with van der Waals surface area (Å²) < 4.78 is 4.81. The Morgan fingerprint density at radius 1 is 1.53 bits per heavy atom. The number of hydrogen-bond donors (Lipinski definition) is 2. The van der Waals surface area contributed by atoms with Gasteiger partial charge < -0.3 is 14.9 Å². The summed E-state index contributed by atoms with van der Waals surface area (Å²) in [5, 5.41) is 19.2. The number of aliphatic hydroxyl groups excluding tert-OH is 2. The molecule has 2 unspecified atom stereocenters.